The van der Waals surface area contributed by atoms with Gasteiger partial charge in [0.1, 0.15) is 11.6 Å². The lowest BCUT2D eigenvalue weighted by atomic mass is 9.97. The number of anilines is 2. The second kappa shape index (κ2) is 16.2. The highest BCUT2D eigenvalue weighted by molar-refractivity contribution is 6.01. The lowest BCUT2D eigenvalue weighted by Gasteiger charge is -2.17. The number of aliphatic hydroxyl groups excluding tert-OH is 1. The van der Waals surface area contributed by atoms with Crippen LogP contribution in [0, 0.1) is 0 Å². The molecular weight excluding hydrogens is 487 g/mol. The van der Waals surface area contributed by atoms with Gasteiger partial charge in [-0.05, 0) is 61.2 Å². The molecule has 1 aromatic heterocycles. The molecule has 1 heterocycles. The number of hydrogen-bond donors (Lipinski definition) is 3. The van der Waals surface area contributed by atoms with Crippen molar-refractivity contribution in [2.75, 3.05) is 18.5 Å². The minimum absolute atomic E-state index is 0.114. The Morgan fingerprint density at radius 3 is 2.30 bits per heavy atom. The van der Waals surface area contributed by atoms with Gasteiger partial charge in [0, 0.05) is 30.4 Å². The van der Waals surface area contributed by atoms with E-state index >= 15 is 0 Å². The minimum Gasteiger partial charge on any atom is -0.406 e. The number of nitrogens with one attached hydrogen (secondary N) is 2. The number of halogens is 3. The van der Waals surface area contributed by atoms with Crippen LogP contribution in [0.3, 0.4) is 0 Å². The summed E-state index contributed by atoms with van der Waals surface area (Å²) >= 11 is 0. The number of allylic oxidation sites excluding steroid dienone is 3. The molecule has 1 aromatic carbocycles. The van der Waals surface area contributed by atoms with Crippen molar-refractivity contribution in [1.29, 1.82) is 0 Å². The zero-order valence-corrected chi connectivity index (χ0v) is 21.3. The molecule has 1 amide bonds. The van der Waals surface area contributed by atoms with Gasteiger partial charge in [-0.3, -0.25) is 9.59 Å². The maximum absolute atomic E-state index is 12.6. The predicted octanol–water partition coefficient (Wildman–Crippen LogP) is 6.19. The highest BCUT2D eigenvalue weighted by atomic mass is 19.4. The van der Waals surface area contributed by atoms with E-state index in [-0.39, 0.29) is 30.6 Å². The fraction of sp³-hybridized carbons (Fsp3) is 0.370. The van der Waals surface area contributed by atoms with Crippen molar-refractivity contribution in [1.82, 2.24) is 10.3 Å². The standard InChI is InChI=1S/C21H24F3N3O3.C6H10O/c1-3-5-14(4-2)18-17(20(29)26-12-13-28)10-11-25-19(18)27-15-6-8-16(9-7-15)30-21(22,23)24;1-3-5-6(7)4-2/h5-11,28H,3-4,12-13H2,1-2H3,(H,25,27)(H,26,29);4H,2-3,5H2,1H3/b14-5+;. The Kier molecular flexibility index (Phi) is 13.7. The van der Waals surface area contributed by atoms with Gasteiger partial charge in [-0.1, -0.05) is 33.4 Å². The van der Waals surface area contributed by atoms with Crippen molar-refractivity contribution < 1.29 is 32.6 Å². The Labute approximate surface area is 215 Å². The van der Waals surface area contributed by atoms with Crippen LogP contribution in [0.4, 0.5) is 24.7 Å². The zero-order chi connectivity index (χ0) is 27.8. The summed E-state index contributed by atoms with van der Waals surface area (Å²) < 4.78 is 40.9. The first-order valence-electron chi connectivity index (χ1n) is 12.0. The van der Waals surface area contributed by atoms with Crippen molar-refractivity contribution >= 4 is 28.8 Å². The van der Waals surface area contributed by atoms with Crippen molar-refractivity contribution in [3.05, 3.63) is 66.4 Å². The average Bonchev–Trinajstić information content (AvgIpc) is 2.86. The SMILES string of the molecule is C=CC(=O)CCC.CC/C=C(\CC)c1c(C(=O)NCCO)ccnc1Nc1ccc(OC(F)(F)F)cc1. The molecule has 0 saturated heterocycles. The number of carbonyl (C=O) groups is 2. The summed E-state index contributed by atoms with van der Waals surface area (Å²) in [6.45, 7) is 9.16. The number of aromatic nitrogens is 1. The fourth-order valence-electron chi connectivity index (χ4n) is 3.23. The molecule has 7 nitrogen and oxygen atoms in total. The third kappa shape index (κ3) is 11.3. The summed E-state index contributed by atoms with van der Waals surface area (Å²) in [7, 11) is 0. The molecule has 0 radical (unpaired) electrons. The molecule has 2 rings (SSSR count). The summed E-state index contributed by atoms with van der Waals surface area (Å²) in [6, 6.07) is 6.83. The lowest BCUT2D eigenvalue weighted by molar-refractivity contribution is -0.274. The molecule has 0 spiro atoms. The molecule has 202 valence electrons. The largest absolute Gasteiger partial charge is 0.573 e. The molecule has 0 saturated carbocycles. The van der Waals surface area contributed by atoms with E-state index in [0.29, 0.717) is 35.5 Å². The first-order chi connectivity index (χ1) is 17.6. The van der Waals surface area contributed by atoms with Crippen molar-refractivity contribution in [2.24, 2.45) is 0 Å². The molecular formula is C27H34F3N3O4. The number of aliphatic hydroxyl groups is 1. The Morgan fingerprint density at radius 1 is 1.14 bits per heavy atom. The molecule has 0 fully saturated rings. The fourth-order valence-corrected chi connectivity index (χ4v) is 3.23. The Hall–Kier alpha value is -3.66. The second-order valence-electron chi connectivity index (χ2n) is 7.67. The average molecular weight is 522 g/mol. The first-order valence-corrected chi connectivity index (χ1v) is 12.0. The highest BCUT2D eigenvalue weighted by Crippen LogP contribution is 2.32. The number of hydrogen-bond acceptors (Lipinski definition) is 6. The van der Waals surface area contributed by atoms with Crippen LogP contribution in [-0.2, 0) is 4.79 Å². The minimum atomic E-state index is -4.76. The number of ether oxygens (including phenoxy) is 1. The number of rotatable bonds is 12. The zero-order valence-electron chi connectivity index (χ0n) is 21.3. The van der Waals surface area contributed by atoms with Crippen LogP contribution in [0.5, 0.6) is 5.75 Å². The van der Waals surface area contributed by atoms with E-state index < -0.39 is 6.36 Å². The number of ketones is 1. The third-order valence-corrected chi connectivity index (χ3v) is 4.82. The molecule has 0 atom stereocenters. The van der Waals surface area contributed by atoms with Crippen molar-refractivity contribution in [2.45, 2.75) is 52.8 Å². The van der Waals surface area contributed by atoms with Crippen molar-refractivity contribution in [3.8, 4) is 5.75 Å². The first kappa shape index (κ1) is 31.4. The van der Waals surface area contributed by atoms with Crippen LogP contribution in [0.25, 0.3) is 5.57 Å². The number of nitrogens with zero attached hydrogens (tertiary/aromatic N) is 1. The van der Waals surface area contributed by atoms with Gasteiger partial charge in [-0.15, -0.1) is 13.2 Å². The van der Waals surface area contributed by atoms with Crippen molar-refractivity contribution in [3.63, 3.8) is 0 Å². The summed E-state index contributed by atoms with van der Waals surface area (Å²) in [5.41, 5.74) is 2.38. The van der Waals surface area contributed by atoms with Crippen LogP contribution in [0.2, 0.25) is 0 Å². The van der Waals surface area contributed by atoms with E-state index in [0.717, 1.165) is 18.4 Å². The summed E-state index contributed by atoms with van der Waals surface area (Å²) in [5.74, 6) is -0.146. The summed E-state index contributed by atoms with van der Waals surface area (Å²) in [4.78, 5) is 27.2. The Bertz CT molecular complexity index is 1050. The van der Waals surface area contributed by atoms with Gasteiger partial charge in [0.2, 0.25) is 0 Å². The molecule has 0 aliphatic rings. The van der Waals surface area contributed by atoms with Gasteiger partial charge in [0.05, 0.1) is 12.2 Å². The van der Waals surface area contributed by atoms with Gasteiger partial charge in [-0.25, -0.2) is 4.98 Å². The van der Waals surface area contributed by atoms with Crippen LogP contribution in [0.1, 0.15) is 62.4 Å². The van der Waals surface area contributed by atoms with Crippen LogP contribution in [-0.4, -0.2) is 41.3 Å². The van der Waals surface area contributed by atoms with E-state index in [4.69, 9.17) is 5.11 Å². The van der Waals surface area contributed by atoms with Crippen LogP contribution >= 0.6 is 0 Å². The smallest absolute Gasteiger partial charge is 0.406 e. The molecule has 37 heavy (non-hydrogen) atoms. The van der Waals surface area contributed by atoms with Gasteiger partial charge < -0.3 is 20.5 Å². The van der Waals surface area contributed by atoms with Crippen LogP contribution < -0.4 is 15.4 Å². The van der Waals surface area contributed by atoms with E-state index in [1.807, 2.05) is 26.8 Å². The van der Waals surface area contributed by atoms with E-state index in [1.54, 1.807) is 6.07 Å². The van der Waals surface area contributed by atoms with Crippen LogP contribution in [0.15, 0.2) is 55.3 Å². The molecule has 0 unspecified atom stereocenters. The molecule has 3 N–H and O–H groups in total. The predicted molar refractivity (Wildman–Crippen MR) is 139 cm³/mol. The van der Waals surface area contributed by atoms with Gasteiger partial charge in [0.15, 0.2) is 5.78 Å². The normalized spacial score (nSPS) is 11.2. The molecule has 0 aliphatic carbocycles. The Morgan fingerprint density at radius 2 is 1.81 bits per heavy atom. The lowest BCUT2D eigenvalue weighted by Crippen LogP contribution is -2.27. The topological polar surface area (TPSA) is 101 Å². The summed E-state index contributed by atoms with van der Waals surface area (Å²) in [6.07, 6.45) is 3.02. The van der Waals surface area contributed by atoms with Gasteiger partial charge in [-0.2, -0.15) is 0 Å². The maximum Gasteiger partial charge on any atom is 0.573 e. The second-order valence-corrected chi connectivity index (χ2v) is 7.67. The number of amides is 1. The van der Waals surface area contributed by atoms with Gasteiger partial charge in [0.25, 0.3) is 5.91 Å². The molecule has 0 aliphatic heterocycles. The number of alkyl halides is 3. The third-order valence-electron chi connectivity index (χ3n) is 4.82. The summed E-state index contributed by atoms with van der Waals surface area (Å²) in [5, 5.41) is 14.7. The molecule has 10 heteroatoms. The highest BCUT2D eigenvalue weighted by Gasteiger charge is 2.31. The van der Waals surface area contributed by atoms with E-state index in [9.17, 15) is 22.8 Å². The monoisotopic (exact) mass is 521 g/mol. The molecule has 0 bridgehead atoms. The number of carbonyl (C=O) groups excluding carboxylic acids is 2. The van der Waals surface area contributed by atoms with E-state index in [2.05, 4.69) is 26.9 Å². The molecule has 2 aromatic rings. The van der Waals surface area contributed by atoms with E-state index in [1.165, 1.54) is 36.5 Å². The quantitative estimate of drug-likeness (QED) is 0.288. The number of pyridine rings is 1. The Balaban J connectivity index is 0.000000856. The number of benzene rings is 1. The maximum atomic E-state index is 12.6. The van der Waals surface area contributed by atoms with Gasteiger partial charge >= 0.3 is 6.36 Å².